The standard InChI is InChI=1S/C13H17BrO/c1-4-5-10(3)13(15)11-6-9(2)7-12(14)8-11/h6-8,10H,4-5H2,1-3H3. The Kier molecular flexibility index (Phi) is 4.52. The molecular weight excluding hydrogens is 252 g/mol. The highest BCUT2D eigenvalue weighted by atomic mass is 79.9. The zero-order chi connectivity index (χ0) is 11.4. The van der Waals surface area contributed by atoms with Gasteiger partial charge in [-0.15, -0.1) is 0 Å². The van der Waals surface area contributed by atoms with E-state index in [0.717, 1.165) is 28.4 Å². The van der Waals surface area contributed by atoms with Crippen molar-refractivity contribution in [2.24, 2.45) is 5.92 Å². The van der Waals surface area contributed by atoms with Crippen LogP contribution < -0.4 is 0 Å². The normalized spacial score (nSPS) is 12.5. The predicted octanol–water partition coefficient (Wildman–Crippen LogP) is 4.38. The van der Waals surface area contributed by atoms with Crippen LogP contribution >= 0.6 is 15.9 Å². The van der Waals surface area contributed by atoms with Gasteiger partial charge in [-0.3, -0.25) is 4.79 Å². The van der Waals surface area contributed by atoms with Gasteiger partial charge in [0.1, 0.15) is 0 Å². The highest BCUT2D eigenvalue weighted by Crippen LogP contribution is 2.19. The lowest BCUT2D eigenvalue weighted by atomic mass is 9.95. The molecule has 0 aliphatic heterocycles. The summed E-state index contributed by atoms with van der Waals surface area (Å²) in [6, 6.07) is 5.88. The molecule has 1 unspecified atom stereocenters. The van der Waals surface area contributed by atoms with Gasteiger partial charge in [-0.25, -0.2) is 0 Å². The molecule has 1 rings (SSSR count). The van der Waals surface area contributed by atoms with Crippen molar-refractivity contribution in [3.63, 3.8) is 0 Å². The molecule has 0 radical (unpaired) electrons. The molecule has 0 saturated heterocycles. The number of hydrogen-bond donors (Lipinski definition) is 0. The average molecular weight is 269 g/mol. The highest BCUT2D eigenvalue weighted by Gasteiger charge is 2.14. The van der Waals surface area contributed by atoms with Gasteiger partial charge in [-0.2, -0.15) is 0 Å². The van der Waals surface area contributed by atoms with Crippen LogP contribution in [0.1, 0.15) is 42.6 Å². The van der Waals surface area contributed by atoms with E-state index in [1.807, 2.05) is 32.0 Å². The van der Waals surface area contributed by atoms with Crippen LogP contribution in [-0.2, 0) is 0 Å². The van der Waals surface area contributed by atoms with E-state index in [1.54, 1.807) is 0 Å². The van der Waals surface area contributed by atoms with Crippen molar-refractivity contribution in [2.45, 2.75) is 33.6 Å². The predicted molar refractivity (Wildman–Crippen MR) is 67.3 cm³/mol. The van der Waals surface area contributed by atoms with Crippen molar-refractivity contribution >= 4 is 21.7 Å². The molecule has 1 aromatic carbocycles. The fourth-order valence-corrected chi connectivity index (χ4v) is 2.33. The Morgan fingerprint density at radius 1 is 1.40 bits per heavy atom. The van der Waals surface area contributed by atoms with E-state index in [1.165, 1.54) is 0 Å². The van der Waals surface area contributed by atoms with E-state index in [-0.39, 0.29) is 11.7 Å². The second kappa shape index (κ2) is 5.45. The Hall–Kier alpha value is -0.630. The molecule has 0 heterocycles. The summed E-state index contributed by atoms with van der Waals surface area (Å²) in [5, 5.41) is 0. The molecule has 0 aliphatic carbocycles. The van der Waals surface area contributed by atoms with Crippen LogP contribution in [0.2, 0.25) is 0 Å². The van der Waals surface area contributed by atoms with Crippen molar-refractivity contribution in [1.29, 1.82) is 0 Å². The first-order valence-corrected chi connectivity index (χ1v) is 6.15. The minimum Gasteiger partial charge on any atom is -0.294 e. The second-order valence-corrected chi connectivity index (χ2v) is 4.99. The van der Waals surface area contributed by atoms with Gasteiger partial charge in [-0.05, 0) is 37.1 Å². The van der Waals surface area contributed by atoms with Crippen molar-refractivity contribution < 1.29 is 4.79 Å². The van der Waals surface area contributed by atoms with E-state index in [4.69, 9.17) is 0 Å². The largest absolute Gasteiger partial charge is 0.294 e. The quantitative estimate of drug-likeness (QED) is 0.741. The Bertz CT molecular complexity index is 337. The number of benzene rings is 1. The van der Waals surface area contributed by atoms with Gasteiger partial charge in [0.05, 0.1) is 0 Å². The van der Waals surface area contributed by atoms with Gasteiger partial charge in [0.2, 0.25) is 0 Å². The molecule has 0 saturated carbocycles. The molecule has 1 atom stereocenters. The maximum atomic E-state index is 12.0. The molecule has 0 spiro atoms. The minimum absolute atomic E-state index is 0.128. The van der Waals surface area contributed by atoms with Crippen molar-refractivity contribution in [1.82, 2.24) is 0 Å². The smallest absolute Gasteiger partial charge is 0.165 e. The summed E-state index contributed by atoms with van der Waals surface area (Å²) in [6.07, 6.45) is 2.02. The molecule has 0 aliphatic rings. The number of Topliss-reactive ketones (excluding diaryl/α,β-unsaturated/α-hetero) is 1. The lowest BCUT2D eigenvalue weighted by molar-refractivity contribution is 0.0923. The number of carbonyl (C=O) groups excluding carboxylic acids is 1. The number of carbonyl (C=O) groups is 1. The minimum atomic E-state index is 0.128. The highest BCUT2D eigenvalue weighted by molar-refractivity contribution is 9.10. The molecule has 1 aromatic rings. The SMILES string of the molecule is CCCC(C)C(=O)c1cc(C)cc(Br)c1. The maximum Gasteiger partial charge on any atom is 0.165 e. The summed E-state index contributed by atoms with van der Waals surface area (Å²) >= 11 is 3.42. The summed E-state index contributed by atoms with van der Waals surface area (Å²) < 4.78 is 0.981. The second-order valence-electron chi connectivity index (χ2n) is 4.07. The van der Waals surface area contributed by atoms with Crippen LogP contribution in [0.15, 0.2) is 22.7 Å². The zero-order valence-corrected chi connectivity index (χ0v) is 11.1. The van der Waals surface area contributed by atoms with E-state index in [9.17, 15) is 4.79 Å². The van der Waals surface area contributed by atoms with Crippen LogP contribution in [0.3, 0.4) is 0 Å². The van der Waals surface area contributed by atoms with E-state index in [0.29, 0.717) is 0 Å². The lowest BCUT2D eigenvalue weighted by Gasteiger charge is -2.09. The van der Waals surface area contributed by atoms with Crippen molar-refractivity contribution in [2.75, 3.05) is 0 Å². The topological polar surface area (TPSA) is 17.1 Å². The Morgan fingerprint density at radius 3 is 2.60 bits per heavy atom. The summed E-state index contributed by atoms with van der Waals surface area (Å²) in [5.74, 6) is 0.380. The molecule has 0 N–H and O–H groups in total. The molecule has 15 heavy (non-hydrogen) atoms. The molecule has 2 heteroatoms. The first kappa shape index (κ1) is 12.4. The zero-order valence-electron chi connectivity index (χ0n) is 9.51. The third kappa shape index (κ3) is 3.45. The van der Waals surface area contributed by atoms with Gasteiger partial charge in [0.25, 0.3) is 0 Å². The Morgan fingerprint density at radius 2 is 2.07 bits per heavy atom. The number of ketones is 1. The molecule has 0 aromatic heterocycles. The van der Waals surface area contributed by atoms with E-state index >= 15 is 0 Å². The monoisotopic (exact) mass is 268 g/mol. The third-order valence-electron chi connectivity index (χ3n) is 2.50. The van der Waals surface area contributed by atoms with Gasteiger partial charge < -0.3 is 0 Å². The van der Waals surface area contributed by atoms with Gasteiger partial charge in [0.15, 0.2) is 5.78 Å². The van der Waals surface area contributed by atoms with Gasteiger partial charge in [-0.1, -0.05) is 36.2 Å². The van der Waals surface area contributed by atoms with Crippen LogP contribution in [-0.4, -0.2) is 5.78 Å². The fraction of sp³-hybridized carbons (Fsp3) is 0.462. The molecule has 0 amide bonds. The van der Waals surface area contributed by atoms with Crippen molar-refractivity contribution in [3.8, 4) is 0 Å². The Labute approximate surface area is 100 Å². The lowest BCUT2D eigenvalue weighted by Crippen LogP contribution is -2.11. The number of hydrogen-bond acceptors (Lipinski definition) is 1. The Balaban J connectivity index is 2.90. The van der Waals surface area contributed by atoms with Crippen LogP contribution in [0.5, 0.6) is 0 Å². The van der Waals surface area contributed by atoms with Crippen LogP contribution in [0, 0.1) is 12.8 Å². The summed E-state index contributed by atoms with van der Waals surface area (Å²) in [4.78, 5) is 12.0. The van der Waals surface area contributed by atoms with E-state index in [2.05, 4.69) is 22.9 Å². The number of rotatable bonds is 4. The third-order valence-corrected chi connectivity index (χ3v) is 2.95. The van der Waals surface area contributed by atoms with Crippen LogP contribution in [0.4, 0.5) is 0 Å². The molecular formula is C13H17BrO. The average Bonchev–Trinajstić information content (AvgIpc) is 2.15. The first-order chi connectivity index (χ1) is 7.04. The molecule has 0 fully saturated rings. The number of aryl methyl sites for hydroxylation is 1. The first-order valence-electron chi connectivity index (χ1n) is 5.36. The summed E-state index contributed by atoms with van der Waals surface area (Å²) in [6.45, 7) is 6.12. The maximum absolute atomic E-state index is 12.0. The van der Waals surface area contributed by atoms with Gasteiger partial charge >= 0.3 is 0 Å². The molecule has 0 bridgehead atoms. The van der Waals surface area contributed by atoms with Crippen molar-refractivity contribution in [3.05, 3.63) is 33.8 Å². The van der Waals surface area contributed by atoms with Gasteiger partial charge in [0, 0.05) is 16.0 Å². The van der Waals surface area contributed by atoms with Crippen LogP contribution in [0.25, 0.3) is 0 Å². The summed E-state index contributed by atoms with van der Waals surface area (Å²) in [5.41, 5.74) is 1.94. The molecule has 1 nitrogen and oxygen atoms in total. The fourth-order valence-electron chi connectivity index (χ4n) is 1.73. The molecule has 82 valence electrons. The number of halogens is 1. The van der Waals surface area contributed by atoms with E-state index < -0.39 is 0 Å². The summed E-state index contributed by atoms with van der Waals surface area (Å²) in [7, 11) is 0.